The molecule has 29 heavy (non-hydrogen) atoms. The van der Waals surface area contributed by atoms with Crippen molar-refractivity contribution in [3.05, 3.63) is 41.6 Å². The van der Waals surface area contributed by atoms with E-state index in [4.69, 9.17) is 10.1 Å². The van der Waals surface area contributed by atoms with Crippen molar-refractivity contribution in [1.29, 1.82) is 0 Å². The third-order valence-corrected chi connectivity index (χ3v) is 9.38. The van der Waals surface area contributed by atoms with Crippen LogP contribution in [0.4, 0.5) is 11.4 Å². The summed E-state index contributed by atoms with van der Waals surface area (Å²) in [6, 6.07) is 6.64. The number of unbranched alkanes of at least 4 members (excludes halogenated alkanes) is 2. The molecule has 154 valence electrons. The van der Waals surface area contributed by atoms with Crippen molar-refractivity contribution < 1.29 is 14.5 Å². The Morgan fingerprint density at radius 2 is 1.93 bits per heavy atom. The second kappa shape index (κ2) is 8.49. The van der Waals surface area contributed by atoms with E-state index < -0.39 is 14.0 Å². The number of carbonyl (C=O) groups is 1. The first-order valence-corrected chi connectivity index (χ1v) is 13.3. The van der Waals surface area contributed by atoms with Crippen LogP contribution in [0.2, 0.25) is 13.1 Å². The van der Waals surface area contributed by atoms with E-state index in [1.54, 1.807) is 0 Å². The maximum Gasteiger partial charge on any atom is 0.303 e. The lowest BCUT2D eigenvalue weighted by Crippen LogP contribution is -2.49. The molecule has 1 aliphatic carbocycles. The fourth-order valence-corrected chi connectivity index (χ4v) is 6.83. The summed E-state index contributed by atoms with van der Waals surface area (Å²) in [5, 5.41) is 11.5. The maximum absolute atomic E-state index is 10.6. The minimum Gasteiger partial charge on any atom is -0.481 e. The molecule has 0 radical (unpaired) electrons. The standard InChI is InChI=1S/C23H31N3O2Si/c1-25(2)17-10-12-19-21(15-17)29(4,5)22-16-18(11-13-20(22)24-19)26(3)14-8-6-7-9-23(27)28/h10-13,15-16H,6-9,14H2,1-5H3/p+1. The van der Waals surface area contributed by atoms with Crippen molar-refractivity contribution in [1.82, 2.24) is 0 Å². The van der Waals surface area contributed by atoms with Crippen molar-refractivity contribution in [3.8, 4) is 0 Å². The first-order chi connectivity index (χ1) is 13.7. The molecule has 0 bridgehead atoms. The van der Waals surface area contributed by atoms with Crippen LogP contribution in [0.15, 0.2) is 46.6 Å². The van der Waals surface area contributed by atoms with Crippen LogP contribution in [0.1, 0.15) is 25.7 Å². The molecule has 1 N–H and O–H groups in total. The number of rotatable bonds is 7. The van der Waals surface area contributed by atoms with E-state index in [2.05, 4.69) is 80.1 Å². The molecule has 0 spiro atoms. The molecule has 0 amide bonds. The van der Waals surface area contributed by atoms with Crippen LogP contribution in [0.5, 0.6) is 0 Å². The number of carboxylic acid groups (broad SMARTS) is 1. The Hall–Kier alpha value is -2.47. The number of carboxylic acids is 1. The fourth-order valence-electron chi connectivity index (χ4n) is 3.97. The smallest absolute Gasteiger partial charge is 0.303 e. The zero-order valence-corrected chi connectivity index (χ0v) is 19.2. The molecule has 5 nitrogen and oxygen atoms in total. The first kappa shape index (κ1) is 21.2. The van der Waals surface area contributed by atoms with Crippen molar-refractivity contribution >= 4 is 42.0 Å². The van der Waals surface area contributed by atoms with E-state index in [0.29, 0.717) is 0 Å². The van der Waals surface area contributed by atoms with Crippen LogP contribution >= 0.6 is 0 Å². The van der Waals surface area contributed by atoms with Gasteiger partial charge in [0.1, 0.15) is 22.2 Å². The van der Waals surface area contributed by atoms with E-state index in [9.17, 15) is 4.79 Å². The molecule has 0 fully saturated rings. The second-order valence-corrected chi connectivity index (χ2v) is 13.0. The summed E-state index contributed by atoms with van der Waals surface area (Å²) < 4.78 is 2.15. The van der Waals surface area contributed by atoms with E-state index in [1.165, 1.54) is 21.8 Å². The lowest BCUT2D eigenvalue weighted by atomic mass is 10.1. The third kappa shape index (κ3) is 4.58. The summed E-state index contributed by atoms with van der Waals surface area (Å²) in [6.45, 7) is 5.75. The molecule has 0 atom stereocenters. The van der Waals surface area contributed by atoms with Gasteiger partial charge in [0.05, 0.1) is 11.4 Å². The van der Waals surface area contributed by atoms with Crippen LogP contribution in [-0.2, 0) is 4.79 Å². The van der Waals surface area contributed by atoms with Gasteiger partial charge in [-0.1, -0.05) is 19.5 Å². The van der Waals surface area contributed by atoms with Crippen LogP contribution in [0.25, 0.3) is 0 Å². The van der Waals surface area contributed by atoms with Crippen molar-refractivity contribution in [3.63, 3.8) is 0 Å². The van der Waals surface area contributed by atoms with Gasteiger partial charge in [0, 0.05) is 37.9 Å². The average molecular weight is 411 g/mol. The zero-order valence-electron chi connectivity index (χ0n) is 18.2. The molecule has 3 rings (SSSR count). The highest BCUT2D eigenvalue weighted by atomic mass is 28.3. The summed E-state index contributed by atoms with van der Waals surface area (Å²) in [7, 11) is 4.42. The molecule has 2 aliphatic rings. The molecule has 0 saturated heterocycles. The molecular weight excluding hydrogens is 378 g/mol. The molecule has 0 unspecified atom stereocenters. The predicted octanol–water partition coefficient (Wildman–Crippen LogP) is 3.52. The molecule has 1 aromatic carbocycles. The summed E-state index contributed by atoms with van der Waals surface area (Å²) in [4.78, 5) is 17.9. The van der Waals surface area contributed by atoms with Gasteiger partial charge in [0.15, 0.2) is 5.71 Å². The number of allylic oxidation sites excluding steroid dienone is 4. The highest BCUT2D eigenvalue weighted by molar-refractivity contribution is 7.01. The number of aliphatic imine (C=N–C) groups is 1. The first-order valence-electron chi connectivity index (χ1n) is 10.3. The minimum atomic E-state index is -1.86. The lowest BCUT2D eigenvalue weighted by molar-refractivity contribution is -0.462. The summed E-state index contributed by atoms with van der Waals surface area (Å²) in [5.74, 6) is -0.707. The molecule has 0 aromatic heterocycles. The quantitative estimate of drug-likeness (QED) is 0.324. The summed E-state index contributed by atoms with van der Waals surface area (Å²) in [5.41, 5.74) is 4.65. The van der Waals surface area contributed by atoms with Gasteiger partial charge in [-0.05, 0) is 47.5 Å². The minimum absolute atomic E-state index is 0.262. The molecule has 1 heterocycles. The summed E-state index contributed by atoms with van der Waals surface area (Å²) >= 11 is 0. The van der Waals surface area contributed by atoms with Gasteiger partial charge < -0.3 is 10.0 Å². The van der Waals surface area contributed by atoms with Gasteiger partial charge in [-0.15, -0.1) is 0 Å². The van der Waals surface area contributed by atoms with Crippen LogP contribution < -0.4 is 10.1 Å². The van der Waals surface area contributed by atoms with E-state index in [1.807, 2.05) is 0 Å². The van der Waals surface area contributed by atoms with Crippen LogP contribution in [-0.4, -0.2) is 62.8 Å². The zero-order chi connectivity index (χ0) is 21.2. The number of hydrogen-bond acceptors (Lipinski definition) is 3. The van der Waals surface area contributed by atoms with E-state index in [-0.39, 0.29) is 6.42 Å². The number of fused-ring (bicyclic) bond motifs is 2. The number of aliphatic carboxylic acids is 1. The predicted molar refractivity (Wildman–Crippen MR) is 124 cm³/mol. The Labute approximate surface area is 174 Å². The third-order valence-electron chi connectivity index (χ3n) is 5.89. The highest BCUT2D eigenvalue weighted by Gasteiger charge is 2.38. The molecule has 0 saturated carbocycles. The lowest BCUT2D eigenvalue weighted by Gasteiger charge is -2.34. The number of benzene rings is 1. The molecule has 1 aliphatic heterocycles. The van der Waals surface area contributed by atoms with Gasteiger partial charge in [-0.25, -0.2) is 9.57 Å². The van der Waals surface area contributed by atoms with Gasteiger partial charge in [-0.3, -0.25) is 4.79 Å². The van der Waals surface area contributed by atoms with E-state index in [0.717, 1.165) is 37.2 Å². The summed E-state index contributed by atoms with van der Waals surface area (Å²) in [6.07, 6.45) is 9.56. The van der Waals surface area contributed by atoms with Crippen molar-refractivity contribution in [2.24, 2.45) is 4.99 Å². The Balaban J connectivity index is 1.81. The van der Waals surface area contributed by atoms with Gasteiger partial charge >= 0.3 is 5.97 Å². The van der Waals surface area contributed by atoms with Crippen molar-refractivity contribution in [2.75, 3.05) is 32.6 Å². The Bertz CT molecular complexity index is 937. The Morgan fingerprint density at radius 1 is 1.17 bits per heavy atom. The number of anilines is 1. The number of hydrogen-bond donors (Lipinski definition) is 1. The Kier molecular flexibility index (Phi) is 6.22. The Morgan fingerprint density at radius 3 is 2.62 bits per heavy atom. The van der Waals surface area contributed by atoms with E-state index >= 15 is 0 Å². The highest BCUT2D eigenvalue weighted by Crippen LogP contribution is 2.32. The molecular formula is C23H32N3O2Si+. The molecule has 1 aromatic rings. The normalized spacial score (nSPS) is 16.5. The fraction of sp³-hybridized carbons (Fsp3) is 0.435. The monoisotopic (exact) mass is 410 g/mol. The van der Waals surface area contributed by atoms with Crippen molar-refractivity contribution in [2.45, 2.75) is 38.8 Å². The molecule has 6 heteroatoms. The number of nitrogens with zero attached hydrogens (tertiary/aromatic N) is 3. The second-order valence-electron chi connectivity index (χ2n) is 8.66. The topological polar surface area (TPSA) is 55.9 Å². The SMILES string of the molecule is CN(CCCCCC(=O)O)c1ccc2c(c1)[Si](C)(C)C1=CC(=[N+](C)C)C=CC1=N2. The van der Waals surface area contributed by atoms with Crippen LogP contribution in [0.3, 0.4) is 0 Å². The van der Waals surface area contributed by atoms with Gasteiger partial charge in [-0.2, -0.15) is 0 Å². The largest absolute Gasteiger partial charge is 0.481 e. The van der Waals surface area contributed by atoms with Gasteiger partial charge in [0.25, 0.3) is 0 Å². The maximum atomic E-state index is 10.6. The van der Waals surface area contributed by atoms with Crippen LogP contribution in [0, 0.1) is 0 Å². The van der Waals surface area contributed by atoms with Gasteiger partial charge in [0.2, 0.25) is 0 Å². The average Bonchev–Trinajstić information content (AvgIpc) is 2.67.